The van der Waals surface area contributed by atoms with E-state index in [-0.39, 0.29) is 5.41 Å². The first-order valence-electron chi connectivity index (χ1n) is 6.14. The smallest absolute Gasteiger partial charge is 0.0693 e. The van der Waals surface area contributed by atoms with Gasteiger partial charge in [0.2, 0.25) is 0 Å². The Morgan fingerprint density at radius 3 is 2.75 bits per heavy atom. The molecule has 0 spiro atoms. The number of hydrogen-bond donors (Lipinski definition) is 0. The molecule has 0 N–H and O–H groups in total. The molecule has 0 aliphatic heterocycles. The van der Waals surface area contributed by atoms with Gasteiger partial charge in [-0.1, -0.05) is 12.8 Å². The van der Waals surface area contributed by atoms with Crippen LogP contribution in [-0.2, 0) is 13.0 Å². The molecule has 0 unspecified atom stereocenters. The lowest BCUT2D eigenvalue weighted by atomic mass is 9.83. The van der Waals surface area contributed by atoms with Crippen molar-refractivity contribution in [3.8, 4) is 6.07 Å². The standard InChI is InChI=1S/C13H19N3/c1-3-16-12(8-11(2)15-16)9-13(10-14)6-4-5-7-13/h8H,3-7,9H2,1-2H3. The van der Waals surface area contributed by atoms with E-state index in [1.54, 1.807) is 0 Å². The maximum atomic E-state index is 9.37. The third kappa shape index (κ3) is 1.97. The Hall–Kier alpha value is -1.30. The SMILES string of the molecule is CCn1nc(C)cc1CC1(C#N)CCCC1. The maximum absolute atomic E-state index is 9.37. The molecule has 0 amide bonds. The molecule has 3 heteroatoms. The lowest BCUT2D eigenvalue weighted by Crippen LogP contribution is -2.19. The van der Waals surface area contributed by atoms with Crippen molar-refractivity contribution in [1.29, 1.82) is 5.26 Å². The number of nitriles is 1. The number of rotatable bonds is 3. The van der Waals surface area contributed by atoms with Gasteiger partial charge in [0.15, 0.2) is 0 Å². The van der Waals surface area contributed by atoms with E-state index in [1.807, 2.05) is 11.6 Å². The molecule has 1 saturated carbocycles. The molecule has 0 bridgehead atoms. The fourth-order valence-corrected chi connectivity index (χ4v) is 2.74. The fourth-order valence-electron chi connectivity index (χ4n) is 2.74. The molecule has 0 saturated heterocycles. The van der Waals surface area contributed by atoms with Gasteiger partial charge in [-0.2, -0.15) is 10.4 Å². The van der Waals surface area contributed by atoms with Gasteiger partial charge in [-0.3, -0.25) is 4.68 Å². The van der Waals surface area contributed by atoms with Crippen molar-refractivity contribution in [2.75, 3.05) is 0 Å². The van der Waals surface area contributed by atoms with Crippen LogP contribution in [0.4, 0.5) is 0 Å². The summed E-state index contributed by atoms with van der Waals surface area (Å²) >= 11 is 0. The molecule has 2 rings (SSSR count). The van der Waals surface area contributed by atoms with E-state index in [0.29, 0.717) is 0 Å². The zero-order valence-electron chi connectivity index (χ0n) is 10.2. The first kappa shape index (κ1) is 11.2. The van der Waals surface area contributed by atoms with Crippen molar-refractivity contribution in [2.24, 2.45) is 5.41 Å². The fraction of sp³-hybridized carbons (Fsp3) is 0.692. The highest BCUT2D eigenvalue weighted by Crippen LogP contribution is 2.40. The molecule has 3 nitrogen and oxygen atoms in total. The highest BCUT2D eigenvalue weighted by molar-refractivity contribution is 5.16. The summed E-state index contributed by atoms with van der Waals surface area (Å²) in [6.07, 6.45) is 5.38. The summed E-state index contributed by atoms with van der Waals surface area (Å²) in [6, 6.07) is 4.67. The Morgan fingerprint density at radius 2 is 2.19 bits per heavy atom. The molecule has 1 heterocycles. The molecule has 1 aromatic rings. The molecule has 1 fully saturated rings. The van der Waals surface area contributed by atoms with E-state index in [1.165, 1.54) is 18.5 Å². The molecule has 16 heavy (non-hydrogen) atoms. The van der Waals surface area contributed by atoms with E-state index in [2.05, 4.69) is 24.2 Å². The number of aromatic nitrogens is 2. The zero-order chi connectivity index (χ0) is 11.6. The average molecular weight is 217 g/mol. The molecule has 0 radical (unpaired) electrons. The second kappa shape index (κ2) is 4.29. The largest absolute Gasteiger partial charge is 0.270 e. The van der Waals surface area contributed by atoms with Crippen LogP contribution in [0.2, 0.25) is 0 Å². The van der Waals surface area contributed by atoms with Gasteiger partial charge in [0, 0.05) is 18.7 Å². The predicted octanol–water partition coefficient (Wildman–Crippen LogP) is 2.84. The Bertz CT molecular complexity index is 405. The molecule has 1 aliphatic rings. The Balaban J connectivity index is 2.22. The number of aryl methyl sites for hydroxylation is 2. The lowest BCUT2D eigenvalue weighted by molar-refractivity contribution is 0.391. The second-order valence-electron chi connectivity index (χ2n) is 4.87. The van der Waals surface area contributed by atoms with Crippen molar-refractivity contribution in [2.45, 2.75) is 52.5 Å². The van der Waals surface area contributed by atoms with E-state index in [0.717, 1.165) is 31.5 Å². The highest BCUT2D eigenvalue weighted by Gasteiger charge is 2.35. The van der Waals surface area contributed by atoms with Crippen LogP contribution >= 0.6 is 0 Å². The van der Waals surface area contributed by atoms with Gasteiger partial charge >= 0.3 is 0 Å². The van der Waals surface area contributed by atoms with Crippen LogP contribution in [0.1, 0.15) is 44.0 Å². The monoisotopic (exact) mass is 217 g/mol. The first-order chi connectivity index (χ1) is 7.69. The molecular formula is C13H19N3. The van der Waals surface area contributed by atoms with Crippen molar-refractivity contribution < 1.29 is 0 Å². The maximum Gasteiger partial charge on any atom is 0.0693 e. The van der Waals surface area contributed by atoms with Crippen molar-refractivity contribution in [3.05, 3.63) is 17.5 Å². The number of hydrogen-bond acceptors (Lipinski definition) is 2. The van der Waals surface area contributed by atoms with Gasteiger partial charge in [0.25, 0.3) is 0 Å². The molecular weight excluding hydrogens is 198 g/mol. The third-order valence-electron chi connectivity index (χ3n) is 3.60. The minimum absolute atomic E-state index is 0.112. The topological polar surface area (TPSA) is 41.6 Å². The minimum Gasteiger partial charge on any atom is -0.270 e. The van der Waals surface area contributed by atoms with Crippen LogP contribution in [-0.4, -0.2) is 9.78 Å². The van der Waals surface area contributed by atoms with Crippen LogP contribution in [0.15, 0.2) is 6.07 Å². The van der Waals surface area contributed by atoms with Gasteiger partial charge in [-0.25, -0.2) is 0 Å². The summed E-state index contributed by atoms with van der Waals surface area (Å²) in [5.41, 5.74) is 2.17. The van der Waals surface area contributed by atoms with Gasteiger partial charge in [-0.15, -0.1) is 0 Å². The van der Waals surface area contributed by atoms with Gasteiger partial charge in [0.1, 0.15) is 0 Å². The second-order valence-corrected chi connectivity index (χ2v) is 4.87. The Kier molecular flexibility index (Phi) is 3.00. The third-order valence-corrected chi connectivity index (χ3v) is 3.60. The van der Waals surface area contributed by atoms with Crippen LogP contribution in [0.5, 0.6) is 0 Å². The van der Waals surface area contributed by atoms with Crippen LogP contribution in [0.25, 0.3) is 0 Å². The van der Waals surface area contributed by atoms with E-state index < -0.39 is 0 Å². The summed E-state index contributed by atoms with van der Waals surface area (Å²) in [7, 11) is 0. The summed E-state index contributed by atoms with van der Waals surface area (Å²) in [6.45, 7) is 5.01. The number of nitrogens with zero attached hydrogens (tertiary/aromatic N) is 3. The summed E-state index contributed by atoms with van der Waals surface area (Å²) in [5, 5.41) is 13.8. The van der Waals surface area contributed by atoms with Gasteiger partial charge in [0.05, 0.1) is 17.2 Å². The lowest BCUT2D eigenvalue weighted by Gasteiger charge is -2.20. The molecule has 1 aliphatic carbocycles. The molecule has 1 aromatic heterocycles. The summed E-state index contributed by atoms with van der Waals surface area (Å²) in [5.74, 6) is 0. The van der Waals surface area contributed by atoms with Gasteiger partial charge < -0.3 is 0 Å². The minimum atomic E-state index is -0.112. The molecule has 0 atom stereocenters. The summed E-state index contributed by atoms with van der Waals surface area (Å²) in [4.78, 5) is 0. The van der Waals surface area contributed by atoms with Crippen LogP contribution in [0.3, 0.4) is 0 Å². The zero-order valence-corrected chi connectivity index (χ0v) is 10.2. The predicted molar refractivity (Wildman–Crippen MR) is 62.9 cm³/mol. The van der Waals surface area contributed by atoms with E-state index in [9.17, 15) is 5.26 Å². The van der Waals surface area contributed by atoms with Crippen molar-refractivity contribution in [3.63, 3.8) is 0 Å². The highest BCUT2D eigenvalue weighted by atomic mass is 15.3. The Morgan fingerprint density at radius 1 is 1.50 bits per heavy atom. The van der Waals surface area contributed by atoms with Crippen molar-refractivity contribution in [1.82, 2.24) is 9.78 Å². The van der Waals surface area contributed by atoms with E-state index >= 15 is 0 Å². The molecule has 0 aromatic carbocycles. The average Bonchev–Trinajstić information content (AvgIpc) is 2.86. The quantitative estimate of drug-likeness (QED) is 0.781. The summed E-state index contributed by atoms with van der Waals surface area (Å²) < 4.78 is 2.03. The van der Waals surface area contributed by atoms with Crippen LogP contribution < -0.4 is 0 Å². The normalized spacial score (nSPS) is 18.6. The van der Waals surface area contributed by atoms with Gasteiger partial charge in [-0.05, 0) is 32.8 Å². The van der Waals surface area contributed by atoms with Crippen molar-refractivity contribution >= 4 is 0 Å². The molecule has 86 valence electrons. The Labute approximate surface area is 97.1 Å². The van der Waals surface area contributed by atoms with Crippen LogP contribution in [0, 0.1) is 23.7 Å². The first-order valence-corrected chi connectivity index (χ1v) is 6.14. The van der Waals surface area contributed by atoms with E-state index in [4.69, 9.17) is 0 Å².